The Hall–Kier alpha value is -1.90. The van der Waals surface area contributed by atoms with Gasteiger partial charge in [-0.15, -0.1) is 0 Å². The molecule has 0 fully saturated rings. The van der Waals surface area contributed by atoms with E-state index in [9.17, 15) is 24.8 Å². The Morgan fingerprint density at radius 2 is 2.13 bits per heavy atom. The van der Waals surface area contributed by atoms with Crippen molar-refractivity contribution in [2.24, 2.45) is 0 Å². The lowest BCUT2D eigenvalue weighted by Gasteiger charge is -2.29. The van der Waals surface area contributed by atoms with E-state index in [1.165, 1.54) is 13.0 Å². The molecule has 1 amide bonds. The fourth-order valence-electron chi connectivity index (χ4n) is 2.55. The number of amides is 1. The van der Waals surface area contributed by atoms with E-state index in [0.717, 1.165) is 0 Å². The van der Waals surface area contributed by atoms with Crippen LogP contribution in [0.25, 0.3) is 0 Å². The topological polar surface area (TPSA) is 116 Å². The van der Waals surface area contributed by atoms with Crippen LogP contribution in [0.4, 0.5) is 0 Å². The van der Waals surface area contributed by atoms with E-state index < -0.39 is 19.3 Å². The molecule has 0 spiro atoms. The van der Waals surface area contributed by atoms with Crippen LogP contribution in [-0.2, 0) is 16.0 Å². The number of Topliss-reactive ketones (excluding diaryl/α,β-unsaturated/α-hetero) is 1. The van der Waals surface area contributed by atoms with E-state index in [2.05, 4.69) is 5.32 Å². The second-order valence-corrected chi connectivity index (χ2v) is 5.65. The van der Waals surface area contributed by atoms with Gasteiger partial charge in [0.25, 0.3) is 0 Å². The van der Waals surface area contributed by atoms with E-state index in [1.807, 2.05) is 0 Å². The number of aliphatic hydroxyl groups excluding tert-OH is 1. The van der Waals surface area contributed by atoms with Gasteiger partial charge in [-0.05, 0) is 25.3 Å². The van der Waals surface area contributed by atoms with Crippen molar-refractivity contribution in [2.45, 2.75) is 44.8 Å². The number of rotatable bonds is 6. The lowest BCUT2D eigenvalue weighted by molar-refractivity contribution is -0.121. The Labute approximate surface area is 134 Å². The zero-order chi connectivity index (χ0) is 17.0. The molecule has 1 aromatic carbocycles. The van der Waals surface area contributed by atoms with Crippen molar-refractivity contribution < 1.29 is 29.5 Å². The van der Waals surface area contributed by atoms with Crippen molar-refractivity contribution in [3.63, 3.8) is 0 Å². The van der Waals surface area contributed by atoms with Gasteiger partial charge in [0, 0.05) is 18.4 Å². The minimum Gasteiger partial charge on any atom is -0.534 e. The molecule has 1 heterocycles. The molecule has 0 aromatic heterocycles. The van der Waals surface area contributed by atoms with Gasteiger partial charge in [0.15, 0.2) is 6.29 Å². The number of hydrogen-bond acceptors (Lipinski definition) is 6. The molecule has 0 saturated heterocycles. The number of nitrogens with one attached hydrogen (secondary N) is 1. The van der Waals surface area contributed by atoms with Gasteiger partial charge in [0.1, 0.15) is 11.5 Å². The van der Waals surface area contributed by atoms with Crippen LogP contribution in [-0.4, -0.2) is 40.0 Å². The van der Waals surface area contributed by atoms with Gasteiger partial charge in [0.2, 0.25) is 5.91 Å². The van der Waals surface area contributed by atoms with Crippen LogP contribution in [0.3, 0.4) is 0 Å². The normalized spacial score (nSPS) is 16.7. The molecule has 7 nitrogen and oxygen atoms in total. The van der Waals surface area contributed by atoms with Crippen LogP contribution in [0.2, 0.25) is 0 Å². The number of benzene rings is 1. The first-order valence-electron chi connectivity index (χ1n) is 7.50. The predicted molar refractivity (Wildman–Crippen MR) is 82.4 cm³/mol. The zero-order valence-electron chi connectivity index (χ0n) is 12.9. The summed E-state index contributed by atoms with van der Waals surface area (Å²) in [5.41, 5.74) is 0.850. The summed E-state index contributed by atoms with van der Waals surface area (Å²) in [6, 6.07) is 4.89. The summed E-state index contributed by atoms with van der Waals surface area (Å²) in [5, 5.41) is 31.3. The third kappa shape index (κ3) is 4.54. The van der Waals surface area contributed by atoms with Crippen molar-refractivity contribution in [3.05, 3.63) is 29.3 Å². The summed E-state index contributed by atoms with van der Waals surface area (Å²) in [6.07, 6.45) is -0.379. The van der Waals surface area contributed by atoms with Gasteiger partial charge < -0.3 is 30.0 Å². The number of hydrogen-bond donors (Lipinski definition) is 4. The van der Waals surface area contributed by atoms with Gasteiger partial charge >= 0.3 is 7.12 Å². The van der Waals surface area contributed by atoms with Crippen molar-refractivity contribution in [3.8, 4) is 5.75 Å². The molecule has 0 aliphatic carbocycles. The summed E-state index contributed by atoms with van der Waals surface area (Å²) in [6.45, 7) is 1.47. The SMILES string of the molecule is CC(=O)CCCC(=O)N[C@H]1Cc2cccc(C(O)O)c2OB1O. The van der Waals surface area contributed by atoms with E-state index in [0.29, 0.717) is 24.8 Å². The highest BCUT2D eigenvalue weighted by Gasteiger charge is 2.37. The molecule has 0 unspecified atom stereocenters. The molecule has 1 aromatic rings. The molecule has 0 radical (unpaired) electrons. The van der Waals surface area contributed by atoms with Gasteiger partial charge in [-0.25, -0.2) is 0 Å². The minimum atomic E-state index is -1.70. The van der Waals surface area contributed by atoms with E-state index >= 15 is 0 Å². The molecule has 1 atom stereocenters. The third-order valence-corrected chi connectivity index (χ3v) is 3.71. The van der Waals surface area contributed by atoms with Crippen LogP contribution in [0.15, 0.2) is 18.2 Å². The second kappa shape index (κ2) is 7.58. The average molecular weight is 321 g/mol. The van der Waals surface area contributed by atoms with Crippen LogP contribution in [0.5, 0.6) is 5.75 Å². The van der Waals surface area contributed by atoms with Crippen molar-refractivity contribution in [1.29, 1.82) is 0 Å². The molecule has 124 valence electrons. The van der Waals surface area contributed by atoms with Crippen molar-refractivity contribution in [2.75, 3.05) is 0 Å². The Morgan fingerprint density at radius 1 is 1.39 bits per heavy atom. The number of carbonyl (C=O) groups is 2. The summed E-state index contributed by atoms with van der Waals surface area (Å²) < 4.78 is 5.35. The fraction of sp³-hybridized carbons (Fsp3) is 0.467. The minimum absolute atomic E-state index is 0.0304. The smallest absolute Gasteiger partial charge is 0.534 e. The largest absolute Gasteiger partial charge is 0.547 e. The van der Waals surface area contributed by atoms with Gasteiger partial charge in [-0.1, -0.05) is 18.2 Å². The highest BCUT2D eigenvalue weighted by molar-refractivity contribution is 6.46. The molecule has 8 heteroatoms. The van der Waals surface area contributed by atoms with E-state index in [4.69, 9.17) is 4.65 Å². The highest BCUT2D eigenvalue weighted by atomic mass is 16.5. The number of aliphatic hydroxyl groups is 2. The molecule has 4 N–H and O–H groups in total. The molecule has 1 aliphatic heterocycles. The summed E-state index contributed by atoms with van der Waals surface area (Å²) in [7, 11) is -1.28. The van der Waals surface area contributed by atoms with Crippen molar-refractivity contribution in [1.82, 2.24) is 5.32 Å². The second-order valence-electron chi connectivity index (χ2n) is 5.65. The fourth-order valence-corrected chi connectivity index (χ4v) is 2.55. The van der Waals surface area contributed by atoms with Gasteiger partial charge in [-0.3, -0.25) is 4.79 Å². The molecule has 2 rings (SSSR count). The third-order valence-electron chi connectivity index (χ3n) is 3.71. The maximum atomic E-state index is 11.9. The Kier molecular flexibility index (Phi) is 5.76. The van der Waals surface area contributed by atoms with Crippen LogP contribution in [0.1, 0.15) is 43.6 Å². The van der Waals surface area contributed by atoms with Crippen LogP contribution in [0, 0.1) is 0 Å². The highest BCUT2D eigenvalue weighted by Crippen LogP contribution is 2.32. The Bertz CT molecular complexity index is 591. The van der Waals surface area contributed by atoms with Gasteiger partial charge in [-0.2, -0.15) is 0 Å². The maximum Gasteiger partial charge on any atom is 0.547 e. The first-order chi connectivity index (χ1) is 10.9. The van der Waals surface area contributed by atoms with E-state index in [-0.39, 0.29) is 29.4 Å². The standard InChI is InChI=1S/C15H20BNO6/c1-9(18)4-2-7-13(19)17-12-8-10-5-3-6-11(15(20)21)14(10)23-16(12)22/h3,5-6,12,15,20-22H,2,4,7-8H2,1H3,(H,17,19)/t12-/m0/s1. The summed E-state index contributed by atoms with van der Waals surface area (Å²) in [4.78, 5) is 22.7. The Balaban J connectivity index is 2.00. The lowest BCUT2D eigenvalue weighted by atomic mass is 9.72. The van der Waals surface area contributed by atoms with Crippen molar-refractivity contribution >= 4 is 18.8 Å². The summed E-state index contributed by atoms with van der Waals surface area (Å²) >= 11 is 0. The number of carbonyl (C=O) groups excluding carboxylic acids is 2. The average Bonchev–Trinajstić information content (AvgIpc) is 2.46. The first kappa shape index (κ1) is 17.5. The number of para-hydroxylation sites is 1. The molecule has 0 bridgehead atoms. The van der Waals surface area contributed by atoms with Crippen LogP contribution < -0.4 is 9.97 Å². The molecule has 23 heavy (non-hydrogen) atoms. The number of fused-ring (bicyclic) bond motifs is 1. The van der Waals surface area contributed by atoms with Crippen LogP contribution >= 0.6 is 0 Å². The van der Waals surface area contributed by atoms with Gasteiger partial charge in [0.05, 0.1) is 5.94 Å². The quantitative estimate of drug-likeness (QED) is 0.428. The molecule has 1 aliphatic rings. The first-order valence-corrected chi connectivity index (χ1v) is 7.50. The number of ketones is 1. The molecular weight excluding hydrogens is 301 g/mol. The van der Waals surface area contributed by atoms with E-state index in [1.54, 1.807) is 12.1 Å². The Morgan fingerprint density at radius 3 is 2.78 bits per heavy atom. The monoisotopic (exact) mass is 321 g/mol. The summed E-state index contributed by atoms with van der Waals surface area (Å²) in [5.74, 6) is -0.626. The zero-order valence-corrected chi connectivity index (χ0v) is 12.9. The molecule has 0 saturated carbocycles. The predicted octanol–water partition coefficient (Wildman–Crippen LogP) is -0.131. The molecular formula is C15H20BNO6. The lowest BCUT2D eigenvalue weighted by Crippen LogP contribution is -2.53. The maximum absolute atomic E-state index is 11.9.